The maximum absolute atomic E-state index is 13.0. The van der Waals surface area contributed by atoms with E-state index < -0.39 is 12.0 Å². The van der Waals surface area contributed by atoms with Crippen LogP contribution >= 0.6 is 0 Å². The molecule has 3 heterocycles. The monoisotopic (exact) mass is 490 g/mol. The number of carbonyl (C=O) groups is 1. The van der Waals surface area contributed by atoms with Gasteiger partial charge < -0.3 is 10.1 Å². The van der Waals surface area contributed by atoms with Crippen molar-refractivity contribution in [2.45, 2.75) is 65.5 Å². The van der Waals surface area contributed by atoms with Crippen molar-refractivity contribution in [3.63, 3.8) is 0 Å². The third kappa shape index (κ3) is 5.79. The molecular formula is C24H29F3N6O2. The Balaban J connectivity index is 1.44. The van der Waals surface area contributed by atoms with Crippen molar-refractivity contribution < 1.29 is 22.7 Å². The van der Waals surface area contributed by atoms with Gasteiger partial charge in [0.05, 0.1) is 12.2 Å². The molecule has 1 amide bonds. The van der Waals surface area contributed by atoms with Gasteiger partial charge in [0.2, 0.25) is 5.91 Å². The molecule has 2 atom stereocenters. The highest BCUT2D eigenvalue weighted by molar-refractivity contribution is 5.91. The van der Waals surface area contributed by atoms with E-state index in [0.29, 0.717) is 29.9 Å². The molecule has 188 valence electrons. The average Bonchev–Trinajstić information content (AvgIpc) is 3.19. The first kappa shape index (κ1) is 25.1. The second kappa shape index (κ2) is 9.90. The Morgan fingerprint density at radius 2 is 1.83 bits per heavy atom. The molecule has 1 aliphatic heterocycles. The van der Waals surface area contributed by atoms with Gasteiger partial charge in [0.1, 0.15) is 0 Å². The Hall–Kier alpha value is -3.05. The molecule has 0 radical (unpaired) electrons. The van der Waals surface area contributed by atoms with Crippen LogP contribution < -0.4 is 5.32 Å². The van der Waals surface area contributed by atoms with Gasteiger partial charge in [0, 0.05) is 43.1 Å². The molecule has 3 aromatic rings. The number of rotatable bonds is 6. The summed E-state index contributed by atoms with van der Waals surface area (Å²) in [5, 5.41) is 6.55. The number of ether oxygens (including phenoxy) is 1. The van der Waals surface area contributed by atoms with Crippen LogP contribution in [0.25, 0.3) is 5.78 Å². The van der Waals surface area contributed by atoms with E-state index in [4.69, 9.17) is 4.74 Å². The van der Waals surface area contributed by atoms with E-state index in [-0.39, 0.29) is 30.3 Å². The van der Waals surface area contributed by atoms with Crippen LogP contribution in [0.15, 0.2) is 24.3 Å². The van der Waals surface area contributed by atoms with Crippen molar-refractivity contribution in [3.05, 3.63) is 52.6 Å². The Bertz CT molecular complexity index is 1220. The number of morpholine rings is 1. The number of nitrogens with one attached hydrogen (secondary N) is 1. The lowest BCUT2D eigenvalue weighted by Gasteiger charge is -2.35. The lowest BCUT2D eigenvalue weighted by atomic mass is 10.1. The minimum absolute atomic E-state index is 0.110. The molecule has 1 aromatic carbocycles. The van der Waals surface area contributed by atoms with E-state index in [1.807, 2.05) is 24.3 Å². The van der Waals surface area contributed by atoms with Gasteiger partial charge >= 0.3 is 6.18 Å². The average molecular weight is 491 g/mol. The number of halogens is 3. The van der Waals surface area contributed by atoms with E-state index >= 15 is 0 Å². The zero-order valence-corrected chi connectivity index (χ0v) is 20.2. The van der Waals surface area contributed by atoms with E-state index in [1.54, 1.807) is 13.8 Å². The van der Waals surface area contributed by atoms with Gasteiger partial charge in [-0.15, -0.1) is 5.10 Å². The summed E-state index contributed by atoms with van der Waals surface area (Å²) in [6, 6.07) is 7.69. The second-order valence-electron chi connectivity index (χ2n) is 9.06. The van der Waals surface area contributed by atoms with Gasteiger partial charge in [0.25, 0.3) is 11.6 Å². The summed E-state index contributed by atoms with van der Waals surface area (Å²) in [6.45, 7) is 9.79. The summed E-state index contributed by atoms with van der Waals surface area (Å²) in [6.07, 6.45) is -3.90. The zero-order valence-electron chi connectivity index (χ0n) is 20.2. The van der Waals surface area contributed by atoms with Crippen molar-refractivity contribution >= 4 is 17.4 Å². The highest BCUT2D eigenvalue weighted by atomic mass is 19.4. The second-order valence-corrected chi connectivity index (χ2v) is 9.06. The molecule has 2 unspecified atom stereocenters. The molecule has 8 nitrogen and oxygen atoms in total. The Morgan fingerprint density at radius 3 is 2.51 bits per heavy atom. The van der Waals surface area contributed by atoms with Crippen molar-refractivity contribution in [2.24, 2.45) is 0 Å². The molecule has 0 saturated carbocycles. The fourth-order valence-electron chi connectivity index (χ4n) is 4.58. The molecule has 0 bridgehead atoms. The van der Waals surface area contributed by atoms with Crippen LogP contribution in [0.2, 0.25) is 0 Å². The van der Waals surface area contributed by atoms with Gasteiger partial charge in [-0.3, -0.25) is 9.69 Å². The number of anilines is 1. The SMILES string of the molecule is Cc1nc2nc(C(F)(F)F)nn2c(C)c1CCC(=O)Nc1ccccc1CN1CC(C)OC(C)C1. The van der Waals surface area contributed by atoms with Crippen LogP contribution in [-0.2, 0) is 28.7 Å². The predicted octanol–water partition coefficient (Wildman–Crippen LogP) is 3.94. The fourth-order valence-corrected chi connectivity index (χ4v) is 4.58. The van der Waals surface area contributed by atoms with Crippen LogP contribution in [-0.4, -0.2) is 55.7 Å². The minimum Gasteiger partial charge on any atom is -0.373 e. The molecule has 0 spiro atoms. The molecular weight excluding hydrogens is 461 g/mol. The Labute approximate surface area is 201 Å². The van der Waals surface area contributed by atoms with Gasteiger partial charge in [-0.1, -0.05) is 18.2 Å². The predicted molar refractivity (Wildman–Crippen MR) is 124 cm³/mol. The number of alkyl halides is 3. The molecule has 1 saturated heterocycles. The summed E-state index contributed by atoms with van der Waals surface area (Å²) < 4.78 is 45.9. The number of fused-ring (bicyclic) bond motifs is 1. The third-order valence-electron chi connectivity index (χ3n) is 6.09. The Kier molecular flexibility index (Phi) is 7.09. The highest BCUT2D eigenvalue weighted by Gasteiger charge is 2.37. The first-order valence-electron chi connectivity index (χ1n) is 11.6. The summed E-state index contributed by atoms with van der Waals surface area (Å²) in [4.78, 5) is 22.8. The molecule has 11 heteroatoms. The molecule has 1 N–H and O–H groups in total. The van der Waals surface area contributed by atoms with Gasteiger partial charge in [-0.2, -0.15) is 18.2 Å². The number of carbonyl (C=O) groups excluding carboxylic acids is 1. The number of hydrogen-bond donors (Lipinski definition) is 1. The van der Waals surface area contributed by atoms with Crippen LogP contribution in [0.3, 0.4) is 0 Å². The summed E-state index contributed by atoms with van der Waals surface area (Å²) >= 11 is 0. The number of aromatic nitrogens is 4. The lowest BCUT2D eigenvalue weighted by molar-refractivity contribution is -0.144. The van der Waals surface area contributed by atoms with Crippen molar-refractivity contribution in [2.75, 3.05) is 18.4 Å². The van der Waals surface area contributed by atoms with Gasteiger partial charge in [-0.05, 0) is 51.3 Å². The number of para-hydroxylation sites is 1. The van der Waals surface area contributed by atoms with Crippen molar-refractivity contribution in [1.29, 1.82) is 0 Å². The summed E-state index contributed by atoms with van der Waals surface area (Å²) in [5.41, 5.74) is 3.45. The van der Waals surface area contributed by atoms with Crippen LogP contribution in [0, 0.1) is 13.8 Å². The van der Waals surface area contributed by atoms with Gasteiger partial charge in [-0.25, -0.2) is 9.50 Å². The maximum atomic E-state index is 13.0. The smallest absolute Gasteiger partial charge is 0.373 e. The molecule has 0 aliphatic carbocycles. The lowest BCUT2D eigenvalue weighted by Crippen LogP contribution is -2.44. The third-order valence-corrected chi connectivity index (χ3v) is 6.09. The van der Waals surface area contributed by atoms with Crippen molar-refractivity contribution in [3.8, 4) is 0 Å². The Morgan fingerprint density at radius 1 is 1.14 bits per heavy atom. The van der Waals surface area contributed by atoms with Crippen LogP contribution in [0.1, 0.15) is 48.6 Å². The normalized spacial score (nSPS) is 19.3. The molecule has 2 aromatic heterocycles. The molecule has 1 aliphatic rings. The maximum Gasteiger partial charge on any atom is 0.453 e. The molecule has 1 fully saturated rings. The first-order valence-corrected chi connectivity index (χ1v) is 11.6. The number of hydrogen-bond acceptors (Lipinski definition) is 6. The molecule has 4 rings (SSSR count). The topological polar surface area (TPSA) is 84.6 Å². The number of benzene rings is 1. The quantitative estimate of drug-likeness (QED) is 0.564. The molecule has 35 heavy (non-hydrogen) atoms. The first-order chi connectivity index (χ1) is 16.5. The number of amides is 1. The van der Waals surface area contributed by atoms with Crippen LogP contribution in [0.5, 0.6) is 0 Å². The highest BCUT2D eigenvalue weighted by Crippen LogP contribution is 2.27. The minimum atomic E-state index is -4.65. The zero-order chi connectivity index (χ0) is 25.3. The summed E-state index contributed by atoms with van der Waals surface area (Å²) in [7, 11) is 0. The fraction of sp³-hybridized carbons (Fsp3) is 0.500. The largest absolute Gasteiger partial charge is 0.453 e. The van der Waals surface area contributed by atoms with E-state index in [1.165, 1.54) is 0 Å². The van der Waals surface area contributed by atoms with Crippen molar-refractivity contribution in [1.82, 2.24) is 24.5 Å². The van der Waals surface area contributed by atoms with Gasteiger partial charge in [0.15, 0.2) is 0 Å². The van der Waals surface area contributed by atoms with E-state index in [0.717, 1.165) is 28.9 Å². The van der Waals surface area contributed by atoms with E-state index in [2.05, 4.69) is 39.1 Å². The number of nitrogens with zero attached hydrogens (tertiary/aromatic N) is 5. The van der Waals surface area contributed by atoms with E-state index in [9.17, 15) is 18.0 Å². The van der Waals surface area contributed by atoms with Crippen LogP contribution in [0.4, 0.5) is 18.9 Å². The standard InChI is InChI=1S/C24H29F3N6O2/c1-14-11-32(12-15(2)35-14)13-18-7-5-6-8-20(18)29-21(34)10-9-19-16(3)28-23-30-22(24(25,26)27)31-33(23)17(19)4/h5-8,14-15H,9-13H2,1-4H3,(H,29,34). The number of aryl methyl sites for hydroxylation is 2. The summed E-state index contributed by atoms with van der Waals surface area (Å²) in [5.74, 6) is -1.53.